The first kappa shape index (κ1) is 16.1. The SMILES string of the molecule is Oc1cccnc1CN1CC[C@H](Oc2cccnc2N2CCCC2)C1. The number of anilines is 1. The van der Waals surface area contributed by atoms with E-state index in [2.05, 4.69) is 19.8 Å². The molecule has 6 heteroatoms. The molecule has 0 radical (unpaired) electrons. The van der Waals surface area contributed by atoms with E-state index in [1.54, 1.807) is 18.3 Å². The minimum absolute atomic E-state index is 0.149. The molecule has 0 aromatic carbocycles. The molecule has 0 unspecified atom stereocenters. The van der Waals surface area contributed by atoms with Gasteiger partial charge >= 0.3 is 0 Å². The Labute approximate surface area is 148 Å². The van der Waals surface area contributed by atoms with Crippen LogP contribution in [0.15, 0.2) is 36.7 Å². The minimum atomic E-state index is 0.149. The predicted octanol–water partition coefficient (Wildman–Crippen LogP) is 2.44. The second kappa shape index (κ2) is 7.27. The first-order valence-corrected chi connectivity index (χ1v) is 9.01. The average Bonchev–Trinajstić information content (AvgIpc) is 3.30. The fraction of sp³-hybridized carbons (Fsp3) is 0.474. The molecule has 6 nitrogen and oxygen atoms in total. The van der Waals surface area contributed by atoms with Crippen LogP contribution in [0.3, 0.4) is 0 Å². The molecule has 4 rings (SSSR count). The summed E-state index contributed by atoms with van der Waals surface area (Å²) in [6, 6.07) is 7.39. The molecule has 2 saturated heterocycles. The Kier molecular flexibility index (Phi) is 4.70. The van der Waals surface area contributed by atoms with Gasteiger partial charge < -0.3 is 14.7 Å². The first-order valence-electron chi connectivity index (χ1n) is 9.01. The first-order chi connectivity index (χ1) is 12.3. The van der Waals surface area contributed by atoms with Gasteiger partial charge in [0.15, 0.2) is 11.6 Å². The molecule has 0 amide bonds. The van der Waals surface area contributed by atoms with Crippen LogP contribution < -0.4 is 9.64 Å². The molecule has 25 heavy (non-hydrogen) atoms. The second-order valence-electron chi connectivity index (χ2n) is 6.75. The molecule has 2 aromatic rings. The zero-order valence-corrected chi connectivity index (χ0v) is 14.3. The Bertz CT molecular complexity index is 718. The van der Waals surface area contributed by atoms with E-state index in [1.807, 2.05) is 18.3 Å². The van der Waals surface area contributed by atoms with E-state index in [1.165, 1.54) is 12.8 Å². The van der Waals surface area contributed by atoms with Crippen LogP contribution >= 0.6 is 0 Å². The molecule has 1 atom stereocenters. The topological polar surface area (TPSA) is 61.7 Å². The highest BCUT2D eigenvalue weighted by molar-refractivity contribution is 5.52. The zero-order valence-electron chi connectivity index (χ0n) is 14.3. The van der Waals surface area contributed by atoms with Crippen LogP contribution in [0.25, 0.3) is 0 Å². The normalized spacial score (nSPS) is 21.0. The van der Waals surface area contributed by atoms with Crippen molar-refractivity contribution in [3.63, 3.8) is 0 Å². The van der Waals surface area contributed by atoms with Gasteiger partial charge in [0.05, 0.1) is 5.69 Å². The summed E-state index contributed by atoms with van der Waals surface area (Å²) in [4.78, 5) is 13.4. The number of ether oxygens (including phenoxy) is 1. The lowest BCUT2D eigenvalue weighted by Gasteiger charge is -2.22. The molecular formula is C19H24N4O2. The molecule has 2 fully saturated rings. The highest BCUT2D eigenvalue weighted by atomic mass is 16.5. The summed E-state index contributed by atoms with van der Waals surface area (Å²) in [6.45, 7) is 4.55. The standard InChI is InChI=1S/C19H24N4O2/c24-17-5-3-8-20-16(17)14-22-12-7-15(13-22)25-18-6-4-9-21-19(18)23-10-1-2-11-23/h3-6,8-9,15,24H,1-2,7,10-14H2/t15-/m0/s1. The molecule has 2 aromatic heterocycles. The van der Waals surface area contributed by atoms with Gasteiger partial charge in [0.1, 0.15) is 11.9 Å². The van der Waals surface area contributed by atoms with Crippen LogP contribution in [0.1, 0.15) is 25.0 Å². The Balaban J connectivity index is 1.39. The molecule has 132 valence electrons. The molecule has 0 saturated carbocycles. The molecule has 4 heterocycles. The van der Waals surface area contributed by atoms with Gasteiger partial charge in [-0.1, -0.05) is 0 Å². The third-order valence-corrected chi connectivity index (χ3v) is 4.92. The van der Waals surface area contributed by atoms with Crippen LogP contribution in [0, 0.1) is 0 Å². The van der Waals surface area contributed by atoms with Crippen molar-refractivity contribution in [3.05, 3.63) is 42.4 Å². The maximum absolute atomic E-state index is 9.90. The van der Waals surface area contributed by atoms with Gasteiger partial charge in [-0.2, -0.15) is 0 Å². The molecule has 0 aliphatic carbocycles. The molecule has 0 bridgehead atoms. The van der Waals surface area contributed by atoms with Crippen molar-refractivity contribution in [1.29, 1.82) is 0 Å². The summed E-state index contributed by atoms with van der Waals surface area (Å²) >= 11 is 0. The molecular weight excluding hydrogens is 316 g/mol. The Hall–Kier alpha value is -2.34. The van der Waals surface area contributed by atoms with E-state index in [-0.39, 0.29) is 11.9 Å². The lowest BCUT2D eigenvalue weighted by molar-refractivity contribution is 0.197. The van der Waals surface area contributed by atoms with Crippen LogP contribution in [0.4, 0.5) is 5.82 Å². The maximum Gasteiger partial charge on any atom is 0.171 e. The van der Waals surface area contributed by atoms with E-state index < -0.39 is 0 Å². The summed E-state index contributed by atoms with van der Waals surface area (Å²) in [6.07, 6.45) is 7.13. The van der Waals surface area contributed by atoms with Gasteiger partial charge in [-0.25, -0.2) is 4.98 Å². The van der Waals surface area contributed by atoms with Crippen molar-refractivity contribution in [2.45, 2.75) is 31.9 Å². The van der Waals surface area contributed by atoms with Crippen molar-refractivity contribution in [2.24, 2.45) is 0 Å². The predicted molar refractivity (Wildman–Crippen MR) is 95.9 cm³/mol. The molecule has 2 aliphatic rings. The Morgan fingerprint density at radius 1 is 1.08 bits per heavy atom. The van der Waals surface area contributed by atoms with Crippen molar-refractivity contribution in [1.82, 2.24) is 14.9 Å². The number of aromatic nitrogens is 2. The van der Waals surface area contributed by atoms with Crippen molar-refractivity contribution in [3.8, 4) is 11.5 Å². The third kappa shape index (κ3) is 3.69. The van der Waals surface area contributed by atoms with Gasteiger partial charge in [-0.05, 0) is 43.5 Å². The van der Waals surface area contributed by atoms with Crippen LogP contribution in [0.2, 0.25) is 0 Å². The fourth-order valence-electron chi connectivity index (χ4n) is 3.62. The van der Waals surface area contributed by atoms with Gasteiger partial charge in [-0.15, -0.1) is 0 Å². The monoisotopic (exact) mass is 340 g/mol. The number of likely N-dealkylation sites (tertiary alicyclic amines) is 1. The highest BCUT2D eigenvalue weighted by Crippen LogP contribution is 2.30. The quantitative estimate of drug-likeness (QED) is 0.902. The summed E-state index contributed by atoms with van der Waals surface area (Å²) in [7, 11) is 0. The lowest BCUT2D eigenvalue weighted by Crippen LogP contribution is -2.26. The smallest absolute Gasteiger partial charge is 0.171 e. The average molecular weight is 340 g/mol. The second-order valence-corrected chi connectivity index (χ2v) is 6.75. The summed E-state index contributed by atoms with van der Waals surface area (Å²) in [5.41, 5.74) is 0.724. The molecule has 2 aliphatic heterocycles. The Morgan fingerprint density at radius 2 is 1.88 bits per heavy atom. The number of hydrogen-bond acceptors (Lipinski definition) is 6. The zero-order chi connectivity index (χ0) is 17.1. The van der Waals surface area contributed by atoms with Gasteiger partial charge in [0, 0.05) is 45.1 Å². The number of hydrogen-bond donors (Lipinski definition) is 1. The summed E-state index contributed by atoms with van der Waals surface area (Å²) < 4.78 is 6.29. The largest absolute Gasteiger partial charge is 0.506 e. The van der Waals surface area contributed by atoms with Crippen molar-refractivity contribution < 1.29 is 9.84 Å². The third-order valence-electron chi connectivity index (χ3n) is 4.92. The number of pyridine rings is 2. The van der Waals surface area contributed by atoms with Gasteiger partial charge in [0.2, 0.25) is 0 Å². The molecule has 1 N–H and O–H groups in total. The Morgan fingerprint density at radius 3 is 2.72 bits per heavy atom. The van der Waals surface area contributed by atoms with E-state index in [4.69, 9.17) is 4.74 Å². The van der Waals surface area contributed by atoms with Crippen LogP contribution in [-0.4, -0.2) is 52.3 Å². The van der Waals surface area contributed by atoms with E-state index >= 15 is 0 Å². The van der Waals surface area contributed by atoms with E-state index in [0.717, 1.165) is 49.9 Å². The minimum Gasteiger partial charge on any atom is -0.506 e. The number of rotatable bonds is 5. The number of aromatic hydroxyl groups is 1. The lowest BCUT2D eigenvalue weighted by atomic mass is 10.3. The maximum atomic E-state index is 9.90. The van der Waals surface area contributed by atoms with Gasteiger partial charge in [-0.3, -0.25) is 9.88 Å². The highest BCUT2D eigenvalue weighted by Gasteiger charge is 2.27. The van der Waals surface area contributed by atoms with Crippen LogP contribution in [-0.2, 0) is 6.54 Å². The van der Waals surface area contributed by atoms with E-state index in [9.17, 15) is 5.11 Å². The summed E-state index contributed by atoms with van der Waals surface area (Å²) in [5.74, 6) is 2.12. The van der Waals surface area contributed by atoms with Crippen molar-refractivity contribution >= 4 is 5.82 Å². The van der Waals surface area contributed by atoms with Crippen LogP contribution in [0.5, 0.6) is 11.5 Å². The number of nitrogens with zero attached hydrogens (tertiary/aromatic N) is 4. The van der Waals surface area contributed by atoms with Crippen molar-refractivity contribution in [2.75, 3.05) is 31.1 Å². The fourth-order valence-corrected chi connectivity index (χ4v) is 3.62. The van der Waals surface area contributed by atoms with Gasteiger partial charge in [0.25, 0.3) is 0 Å². The summed E-state index contributed by atoms with van der Waals surface area (Å²) in [5, 5.41) is 9.90. The van der Waals surface area contributed by atoms with E-state index in [0.29, 0.717) is 6.54 Å². The molecule has 0 spiro atoms.